The number of aliphatic hydroxyl groups excluding tert-OH is 2. The molecule has 0 spiro atoms. The highest BCUT2D eigenvalue weighted by Gasteiger charge is 2.58. The van der Waals surface area contributed by atoms with Gasteiger partial charge in [0.15, 0.2) is 5.78 Å². The number of carboxylic acids is 1. The molecular formula is C33H38N3O6+. The quantitative estimate of drug-likeness (QED) is 0.304. The Balaban J connectivity index is 1.17. The molecule has 4 atom stereocenters. The topological polar surface area (TPSA) is 118 Å². The van der Waals surface area contributed by atoms with Crippen LogP contribution in [-0.2, 0) is 16.1 Å². The lowest BCUT2D eigenvalue weighted by Gasteiger charge is -2.55. The third-order valence-corrected chi connectivity index (χ3v) is 11.0. The zero-order chi connectivity index (χ0) is 29.6. The first-order valence-electron chi connectivity index (χ1n) is 15.2. The Morgan fingerprint density at radius 3 is 2.29 bits per heavy atom. The van der Waals surface area contributed by atoms with Crippen LogP contribution >= 0.6 is 0 Å². The van der Waals surface area contributed by atoms with Crippen molar-refractivity contribution in [3.8, 4) is 11.1 Å². The number of aliphatic hydroxyl groups is 2. The summed E-state index contributed by atoms with van der Waals surface area (Å²) in [5.74, 6) is -2.79. The number of carbonyl (C=O) groups is 3. The molecule has 6 aliphatic rings. The van der Waals surface area contributed by atoms with Gasteiger partial charge in [0, 0.05) is 35.6 Å². The van der Waals surface area contributed by atoms with E-state index >= 15 is 0 Å². The van der Waals surface area contributed by atoms with E-state index in [2.05, 4.69) is 6.07 Å². The molecule has 9 heteroatoms. The number of piperazine rings is 3. The fourth-order valence-electron chi connectivity index (χ4n) is 8.64. The van der Waals surface area contributed by atoms with Crippen LogP contribution in [0.5, 0.6) is 0 Å². The molecule has 0 radical (unpaired) electrons. The smallest absolute Gasteiger partial charge is 0.235 e. The van der Waals surface area contributed by atoms with Gasteiger partial charge in [-0.15, -0.1) is 0 Å². The third kappa shape index (κ3) is 3.87. The van der Waals surface area contributed by atoms with Crippen LogP contribution in [0.15, 0.2) is 42.1 Å². The number of carbonyl (C=O) groups excluding carboxylic acids is 3. The molecule has 2 bridgehead atoms. The second kappa shape index (κ2) is 9.57. The largest absolute Gasteiger partial charge is 0.543 e. The predicted octanol–water partition coefficient (Wildman–Crippen LogP) is 0.760. The summed E-state index contributed by atoms with van der Waals surface area (Å²) in [6.45, 7) is 12.4. The Morgan fingerprint density at radius 1 is 0.976 bits per heavy atom. The Labute approximate surface area is 245 Å². The van der Waals surface area contributed by atoms with E-state index in [0.29, 0.717) is 22.3 Å². The highest BCUT2D eigenvalue weighted by molar-refractivity contribution is 6.22. The van der Waals surface area contributed by atoms with Gasteiger partial charge < -0.3 is 34.0 Å². The van der Waals surface area contributed by atoms with E-state index in [1.165, 1.54) is 4.90 Å². The number of aliphatic carboxylic acids is 1. The van der Waals surface area contributed by atoms with Gasteiger partial charge in [-0.25, -0.2) is 0 Å². The fraction of sp³-hybridized carbons (Fsp3) is 0.485. The van der Waals surface area contributed by atoms with E-state index in [1.54, 1.807) is 19.1 Å². The number of hydrogen-bond acceptors (Lipinski definition) is 6. The monoisotopic (exact) mass is 572 g/mol. The predicted molar refractivity (Wildman–Crippen MR) is 152 cm³/mol. The SMILES string of the molecule is C[C@@H](O)[C@H]1C(=O)N2C(C(=O)[O-])=C(c3ccc4c(c3)-c3ccc(C[N+]56CC[N+](CCCO)(CC5)CC6)cc3C4=O)[C@H](C)[C@H]12. The first-order valence-corrected chi connectivity index (χ1v) is 15.2. The lowest BCUT2D eigenvalue weighted by Crippen LogP contribution is -2.74. The average Bonchev–Trinajstić information content (AvgIpc) is 3.40. The first-order chi connectivity index (χ1) is 20.1. The minimum Gasteiger partial charge on any atom is -0.543 e. The number of hydrogen-bond donors (Lipinski definition) is 2. The molecule has 8 rings (SSSR count). The average molecular weight is 573 g/mol. The van der Waals surface area contributed by atoms with E-state index < -0.39 is 29.9 Å². The number of rotatable bonds is 8. The molecule has 2 aromatic carbocycles. The van der Waals surface area contributed by atoms with Crippen LogP contribution in [0.2, 0.25) is 0 Å². The number of nitrogens with zero attached hydrogens (tertiary/aromatic N) is 3. The molecule has 5 heterocycles. The molecule has 0 unspecified atom stereocenters. The van der Waals surface area contributed by atoms with Crippen LogP contribution in [0.25, 0.3) is 16.7 Å². The number of β-lactam (4-membered cyclic amide) rings is 1. The van der Waals surface area contributed by atoms with Gasteiger partial charge in [0.25, 0.3) is 0 Å². The maximum atomic E-state index is 13.6. The second-order valence-electron chi connectivity index (χ2n) is 13.3. The summed E-state index contributed by atoms with van der Waals surface area (Å²) in [7, 11) is 0. The minimum absolute atomic E-state index is 0.0212. The fourth-order valence-corrected chi connectivity index (χ4v) is 8.64. The van der Waals surface area contributed by atoms with Crippen molar-refractivity contribution < 1.29 is 38.7 Å². The summed E-state index contributed by atoms with van der Waals surface area (Å²) < 4.78 is 2.17. The molecule has 0 saturated carbocycles. The van der Waals surface area contributed by atoms with Crippen molar-refractivity contribution in [2.75, 3.05) is 52.4 Å². The number of quaternary nitrogens is 2. The molecule has 2 N–H and O–H groups in total. The molecule has 2 aromatic rings. The molecule has 42 heavy (non-hydrogen) atoms. The van der Waals surface area contributed by atoms with Crippen LogP contribution in [0.1, 0.15) is 47.3 Å². The van der Waals surface area contributed by atoms with E-state index in [-0.39, 0.29) is 24.0 Å². The maximum absolute atomic E-state index is 13.6. The summed E-state index contributed by atoms with van der Waals surface area (Å²) in [5, 5.41) is 31.7. The molecule has 0 aromatic heterocycles. The Hall–Kier alpha value is -3.37. The van der Waals surface area contributed by atoms with Gasteiger partial charge in [0.1, 0.15) is 45.8 Å². The van der Waals surface area contributed by atoms with Crippen LogP contribution in [0, 0.1) is 11.8 Å². The lowest BCUT2D eigenvalue weighted by molar-refractivity contribution is -1.09. The van der Waals surface area contributed by atoms with E-state index in [4.69, 9.17) is 0 Å². The van der Waals surface area contributed by atoms with Crippen LogP contribution in [0.4, 0.5) is 0 Å². The zero-order valence-corrected chi connectivity index (χ0v) is 24.2. The van der Waals surface area contributed by atoms with Crippen molar-refractivity contribution in [1.29, 1.82) is 0 Å². The molecule has 9 nitrogen and oxygen atoms in total. The van der Waals surface area contributed by atoms with E-state index in [1.807, 2.05) is 25.1 Å². The zero-order valence-electron chi connectivity index (χ0n) is 24.2. The number of carboxylic acid groups (broad SMARTS) is 1. The third-order valence-electron chi connectivity index (χ3n) is 11.0. The van der Waals surface area contributed by atoms with Gasteiger partial charge in [0.2, 0.25) is 5.91 Å². The number of ketones is 1. The second-order valence-corrected chi connectivity index (χ2v) is 13.3. The molecular weight excluding hydrogens is 534 g/mol. The van der Waals surface area contributed by atoms with E-state index in [9.17, 15) is 29.7 Å². The van der Waals surface area contributed by atoms with E-state index in [0.717, 1.165) is 84.4 Å². The Morgan fingerprint density at radius 2 is 1.64 bits per heavy atom. The summed E-state index contributed by atoms with van der Waals surface area (Å²) in [6.07, 6.45) is -0.0188. The summed E-state index contributed by atoms with van der Waals surface area (Å²) in [5.41, 5.74) is 5.09. The van der Waals surface area contributed by atoms with Crippen molar-refractivity contribution in [1.82, 2.24) is 4.90 Å². The normalized spacial score (nSPS) is 31.6. The molecule has 1 aliphatic carbocycles. The van der Waals surface area contributed by atoms with Crippen LogP contribution in [-0.4, -0.2) is 106 Å². The molecule has 5 aliphatic heterocycles. The Bertz CT molecular complexity index is 1540. The highest BCUT2D eigenvalue weighted by atomic mass is 16.4. The van der Waals surface area contributed by atoms with Crippen LogP contribution < -0.4 is 5.11 Å². The molecule has 4 fully saturated rings. The number of fused-ring (bicyclic) bond motifs is 7. The summed E-state index contributed by atoms with van der Waals surface area (Å²) >= 11 is 0. The van der Waals surface area contributed by atoms with Gasteiger partial charge in [-0.1, -0.05) is 25.1 Å². The summed E-state index contributed by atoms with van der Waals surface area (Å²) in [4.78, 5) is 39.9. The van der Waals surface area contributed by atoms with Crippen molar-refractivity contribution in [2.45, 2.75) is 39.0 Å². The van der Waals surface area contributed by atoms with Gasteiger partial charge in [0.05, 0.1) is 36.3 Å². The molecule has 4 saturated heterocycles. The van der Waals surface area contributed by atoms with Crippen molar-refractivity contribution in [3.05, 3.63) is 64.3 Å². The standard InChI is InChI=1S/C33H38N3O6/c1-19-27(30(33(41)42)34-29(19)28(20(2)38)32(34)40)22-5-7-24-25(17-22)23-6-4-21(16-26(23)31(24)39)18-36-12-9-35(10-13-36,11-14-36)8-3-15-37/h4-7,16-17,19-20,28-29,37-38H,3,8-15,18H2,1-2H3/q+1/t19-,20+,28+,29+,35?,36?/m0/s1. The van der Waals surface area contributed by atoms with Crippen molar-refractivity contribution >= 4 is 23.2 Å². The number of benzene rings is 2. The van der Waals surface area contributed by atoms with Gasteiger partial charge in [-0.05, 0) is 47.4 Å². The number of amides is 1. The van der Waals surface area contributed by atoms with Crippen molar-refractivity contribution in [3.63, 3.8) is 0 Å². The summed E-state index contributed by atoms with van der Waals surface area (Å²) in [6, 6.07) is 11.2. The maximum Gasteiger partial charge on any atom is 0.235 e. The van der Waals surface area contributed by atoms with Crippen molar-refractivity contribution in [2.24, 2.45) is 11.8 Å². The molecule has 1 amide bonds. The Kier molecular flexibility index (Phi) is 6.26. The van der Waals surface area contributed by atoms with Gasteiger partial charge in [-0.2, -0.15) is 0 Å². The van der Waals surface area contributed by atoms with Crippen LogP contribution in [0.3, 0.4) is 0 Å². The minimum atomic E-state index is -1.41. The lowest BCUT2D eigenvalue weighted by atomic mass is 9.76. The first kappa shape index (κ1) is 27.5. The molecule has 220 valence electrons. The van der Waals surface area contributed by atoms with Gasteiger partial charge >= 0.3 is 0 Å². The van der Waals surface area contributed by atoms with Gasteiger partial charge in [-0.3, -0.25) is 9.59 Å². The highest BCUT2D eigenvalue weighted by Crippen LogP contribution is 2.51.